The summed E-state index contributed by atoms with van der Waals surface area (Å²) >= 11 is 3.64. The number of hydrogen-bond donors (Lipinski definition) is 0. The van der Waals surface area contributed by atoms with Gasteiger partial charge in [0.05, 0.1) is 37.6 Å². The molecule has 38 heavy (non-hydrogen) atoms. The van der Waals surface area contributed by atoms with Crippen LogP contribution in [0.15, 0.2) is 36.4 Å². The van der Waals surface area contributed by atoms with Crippen molar-refractivity contribution >= 4 is 22.7 Å². The second-order valence-electron chi connectivity index (χ2n) is 9.01. The van der Waals surface area contributed by atoms with Crippen molar-refractivity contribution < 1.29 is 18.9 Å². The molecule has 2 aromatic carbocycles. The average Bonchev–Trinajstić information content (AvgIpc) is 3.35. The summed E-state index contributed by atoms with van der Waals surface area (Å²) in [5.41, 5.74) is 7.18. The zero-order valence-electron chi connectivity index (χ0n) is 23.7. The van der Waals surface area contributed by atoms with Crippen molar-refractivity contribution in [3.8, 4) is 53.6 Å². The van der Waals surface area contributed by atoms with Crippen LogP contribution in [0.1, 0.15) is 49.9 Å². The van der Waals surface area contributed by atoms with E-state index in [0.29, 0.717) is 26.4 Å². The van der Waals surface area contributed by atoms with Gasteiger partial charge in [0.15, 0.2) is 0 Å². The smallest absolute Gasteiger partial charge is 0.131 e. The first-order chi connectivity index (χ1) is 18.4. The summed E-state index contributed by atoms with van der Waals surface area (Å²) in [7, 11) is 0. The quantitative estimate of drug-likeness (QED) is 0.186. The molecule has 6 heteroatoms. The predicted octanol–water partition coefficient (Wildman–Crippen LogP) is 9.64. The fourth-order valence-corrected chi connectivity index (χ4v) is 7.66. The van der Waals surface area contributed by atoms with Gasteiger partial charge in [-0.1, -0.05) is 12.1 Å². The molecule has 0 aliphatic heterocycles. The molecule has 0 aliphatic rings. The van der Waals surface area contributed by atoms with Crippen LogP contribution < -0.4 is 18.9 Å². The molecule has 4 aromatic rings. The maximum atomic E-state index is 6.07. The van der Waals surface area contributed by atoms with Gasteiger partial charge in [0.1, 0.15) is 23.0 Å². The van der Waals surface area contributed by atoms with Crippen LogP contribution in [0, 0.1) is 27.7 Å². The first-order valence-corrected chi connectivity index (χ1v) is 15.0. The number of benzene rings is 2. The average molecular weight is 551 g/mol. The van der Waals surface area contributed by atoms with E-state index in [9.17, 15) is 0 Å². The van der Waals surface area contributed by atoms with E-state index in [2.05, 4.69) is 27.7 Å². The Kier molecular flexibility index (Phi) is 9.06. The van der Waals surface area contributed by atoms with Crippen molar-refractivity contribution in [2.24, 2.45) is 0 Å². The van der Waals surface area contributed by atoms with Crippen molar-refractivity contribution in [3.05, 3.63) is 58.7 Å². The zero-order chi connectivity index (χ0) is 27.4. The minimum absolute atomic E-state index is 0.604. The van der Waals surface area contributed by atoms with Crippen LogP contribution in [0.25, 0.3) is 30.6 Å². The van der Waals surface area contributed by atoms with Gasteiger partial charge in [0.25, 0.3) is 0 Å². The fourth-order valence-electron chi connectivity index (χ4n) is 4.67. The fraction of sp³-hybridized carbons (Fsp3) is 0.375. The molecule has 0 N–H and O–H groups in total. The van der Waals surface area contributed by atoms with Crippen molar-refractivity contribution in [1.82, 2.24) is 0 Å². The third-order valence-corrected chi connectivity index (χ3v) is 9.72. The van der Waals surface area contributed by atoms with Crippen molar-refractivity contribution in [3.63, 3.8) is 0 Å². The lowest BCUT2D eigenvalue weighted by molar-refractivity contribution is 0.325. The molecule has 202 valence electrons. The van der Waals surface area contributed by atoms with E-state index in [4.69, 9.17) is 18.9 Å². The van der Waals surface area contributed by atoms with Gasteiger partial charge in [0, 0.05) is 19.5 Å². The molecule has 0 bridgehead atoms. The molecule has 0 unspecified atom stereocenters. The van der Waals surface area contributed by atoms with Crippen LogP contribution in [0.2, 0.25) is 0 Å². The molecule has 0 aliphatic carbocycles. The standard InChI is InChI=1S/C32H38O4S2/c1-9-33-23-15-13-16-24(34-10-2)27(23)29-19(5)21(7)31(37-29)32-22(8)20(6)30(38-32)28-25(35-11-3)17-14-18-26(28)36-12-4/h13-18H,9-12H2,1-8H3. The van der Waals surface area contributed by atoms with Crippen molar-refractivity contribution in [2.45, 2.75) is 55.4 Å². The summed E-state index contributed by atoms with van der Waals surface area (Å²) in [4.78, 5) is 4.97. The van der Waals surface area contributed by atoms with Crippen LogP contribution in [-0.2, 0) is 0 Å². The Balaban J connectivity index is 1.92. The van der Waals surface area contributed by atoms with Crippen molar-refractivity contribution in [2.75, 3.05) is 26.4 Å². The van der Waals surface area contributed by atoms with E-state index < -0.39 is 0 Å². The molecule has 0 amide bonds. The highest BCUT2D eigenvalue weighted by atomic mass is 32.1. The topological polar surface area (TPSA) is 36.9 Å². The first kappa shape index (κ1) is 28.1. The Hall–Kier alpha value is -2.96. The Labute approximate surface area is 235 Å². The highest BCUT2D eigenvalue weighted by molar-refractivity contribution is 7.25. The molecular formula is C32H38O4S2. The van der Waals surface area contributed by atoms with Gasteiger partial charge in [-0.05, 0) is 102 Å². The SMILES string of the molecule is CCOc1cccc(OCC)c1-c1sc(-c2sc(-c3c(OCC)cccc3OCC)c(C)c2C)c(C)c1C. The highest BCUT2D eigenvalue weighted by Gasteiger charge is 2.26. The number of thiophene rings is 2. The van der Waals surface area contributed by atoms with Crippen LogP contribution in [-0.4, -0.2) is 26.4 Å². The van der Waals surface area contributed by atoms with E-state index in [-0.39, 0.29) is 0 Å². The molecule has 0 radical (unpaired) electrons. The Bertz CT molecular complexity index is 1260. The second kappa shape index (κ2) is 12.3. The number of ether oxygens (including phenoxy) is 4. The molecule has 0 atom stereocenters. The molecule has 0 saturated carbocycles. The van der Waals surface area contributed by atoms with Gasteiger partial charge >= 0.3 is 0 Å². The van der Waals surface area contributed by atoms with E-state index in [1.165, 1.54) is 41.8 Å². The molecule has 2 heterocycles. The first-order valence-electron chi connectivity index (χ1n) is 13.4. The van der Waals surface area contributed by atoms with Gasteiger partial charge in [-0.15, -0.1) is 22.7 Å². The summed E-state index contributed by atoms with van der Waals surface area (Å²) in [5.74, 6) is 3.45. The summed E-state index contributed by atoms with van der Waals surface area (Å²) in [6.45, 7) is 19.4. The molecule has 0 saturated heterocycles. The second-order valence-corrected chi connectivity index (χ2v) is 11.1. The van der Waals surface area contributed by atoms with Gasteiger partial charge in [-0.25, -0.2) is 0 Å². The molecule has 4 nitrogen and oxygen atoms in total. The lowest BCUT2D eigenvalue weighted by Crippen LogP contribution is -1.98. The van der Waals surface area contributed by atoms with E-state index in [1.807, 2.05) is 86.8 Å². The van der Waals surface area contributed by atoms with Gasteiger partial charge in [0.2, 0.25) is 0 Å². The predicted molar refractivity (Wildman–Crippen MR) is 162 cm³/mol. The minimum Gasteiger partial charge on any atom is -0.493 e. The molecule has 0 fully saturated rings. The maximum absolute atomic E-state index is 6.07. The normalized spacial score (nSPS) is 11.1. The number of rotatable bonds is 11. The van der Waals surface area contributed by atoms with Gasteiger partial charge in [-0.2, -0.15) is 0 Å². The molecule has 0 spiro atoms. The van der Waals surface area contributed by atoms with Crippen molar-refractivity contribution in [1.29, 1.82) is 0 Å². The van der Waals surface area contributed by atoms with Crippen LogP contribution in [0.4, 0.5) is 0 Å². The molecular weight excluding hydrogens is 512 g/mol. The van der Waals surface area contributed by atoms with Crippen LogP contribution in [0.5, 0.6) is 23.0 Å². The lowest BCUT2D eigenvalue weighted by Gasteiger charge is -2.15. The minimum atomic E-state index is 0.604. The third-order valence-electron chi connectivity index (χ3n) is 6.73. The Morgan fingerprint density at radius 1 is 0.447 bits per heavy atom. The molecule has 4 rings (SSSR count). The van der Waals surface area contributed by atoms with E-state index in [1.54, 1.807) is 0 Å². The van der Waals surface area contributed by atoms with E-state index >= 15 is 0 Å². The summed E-state index contributed by atoms with van der Waals surface area (Å²) in [5, 5.41) is 0. The van der Waals surface area contributed by atoms with Gasteiger partial charge in [-0.3, -0.25) is 0 Å². The Morgan fingerprint density at radius 2 is 0.711 bits per heavy atom. The zero-order valence-corrected chi connectivity index (χ0v) is 25.4. The highest BCUT2D eigenvalue weighted by Crippen LogP contribution is 2.53. The van der Waals surface area contributed by atoms with Crippen LogP contribution >= 0.6 is 22.7 Å². The summed E-state index contributed by atoms with van der Waals surface area (Å²) in [6.07, 6.45) is 0. The monoisotopic (exact) mass is 550 g/mol. The van der Waals surface area contributed by atoms with Gasteiger partial charge < -0.3 is 18.9 Å². The maximum Gasteiger partial charge on any atom is 0.131 e. The van der Waals surface area contributed by atoms with Crippen LogP contribution in [0.3, 0.4) is 0 Å². The molecule has 2 aromatic heterocycles. The van der Waals surface area contributed by atoms with E-state index in [0.717, 1.165) is 34.1 Å². The lowest BCUT2D eigenvalue weighted by atomic mass is 10.0. The summed E-state index contributed by atoms with van der Waals surface area (Å²) in [6, 6.07) is 12.1. The Morgan fingerprint density at radius 3 is 0.974 bits per heavy atom. The third kappa shape index (κ3) is 5.16. The largest absolute Gasteiger partial charge is 0.493 e. The number of hydrogen-bond acceptors (Lipinski definition) is 6. The summed E-state index contributed by atoms with van der Waals surface area (Å²) < 4.78 is 24.3.